The van der Waals surface area contributed by atoms with Gasteiger partial charge in [-0.3, -0.25) is 0 Å². The van der Waals surface area contributed by atoms with Gasteiger partial charge in [-0.15, -0.1) is 0 Å². The standard InChI is InChI=1S/C15H19FN4O2S/c1-23(21,22)19-8-11-4-3-7-20(9-11)15-14-12(16)5-2-6-13(14)17-10-18-15/h2,5-6,10-11,19H,3-4,7-9H2,1H3. The third-order valence-corrected chi connectivity index (χ3v) is 4.74. The van der Waals surface area contributed by atoms with Gasteiger partial charge in [0, 0.05) is 19.6 Å². The van der Waals surface area contributed by atoms with E-state index >= 15 is 0 Å². The van der Waals surface area contributed by atoms with Crippen LogP contribution >= 0.6 is 0 Å². The summed E-state index contributed by atoms with van der Waals surface area (Å²) in [5.74, 6) is 0.418. The first-order valence-corrected chi connectivity index (χ1v) is 9.42. The summed E-state index contributed by atoms with van der Waals surface area (Å²) < 4.78 is 39.3. The van der Waals surface area contributed by atoms with Gasteiger partial charge < -0.3 is 4.90 Å². The number of fused-ring (bicyclic) bond motifs is 1. The zero-order valence-corrected chi connectivity index (χ0v) is 13.7. The molecule has 0 spiro atoms. The summed E-state index contributed by atoms with van der Waals surface area (Å²) in [7, 11) is -3.20. The third-order valence-electron chi connectivity index (χ3n) is 4.04. The quantitative estimate of drug-likeness (QED) is 0.915. The predicted molar refractivity (Wildman–Crippen MR) is 87.3 cm³/mol. The van der Waals surface area contributed by atoms with E-state index in [9.17, 15) is 12.8 Å². The molecule has 2 heterocycles. The highest BCUT2D eigenvalue weighted by atomic mass is 32.2. The van der Waals surface area contributed by atoms with E-state index in [1.165, 1.54) is 12.4 Å². The number of hydrogen-bond acceptors (Lipinski definition) is 5. The van der Waals surface area contributed by atoms with Gasteiger partial charge in [0.15, 0.2) is 0 Å². The minimum Gasteiger partial charge on any atom is -0.356 e. The number of nitrogens with one attached hydrogen (secondary N) is 1. The lowest BCUT2D eigenvalue weighted by Gasteiger charge is -2.34. The fraction of sp³-hybridized carbons (Fsp3) is 0.467. The van der Waals surface area contributed by atoms with Crippen LogP contribution < -0.4 is 9.62 Å². The molecule has 1 unspecified atom stereocenters. The number of aromatic nitrogens is 2. The van der Waals surface area contributed by atoms with Crippen molar-refractivity contribution >= 4 is 26.7 Å². The molecule has 0 amide bonds. The van der Waals surface area contributed by atoms with Crippen molar-refractivity contribution in [2.75, 3.05) is 30.8 Å². The van der Waals surface area contributed by atoms with E-state index in [0.29, 0.717) is 29.8 Å². The first-order chi connectivity index (χ1) is 10.9. The Morgan fingerprint density at radius 1 is 1.39 bits per heavy atom. The van der Waals surface area contributed by atoms with E-state index in [1.54, 1.807) is 12.1 Å². The number of halogens is 1. The molecule has 1 aliphatic rings. The van der Waals surface area contributed by atoms with Crippen molar-refractivity contribution in [3.05, 3.63) is 30.3 Å². The Bertz CT molecular complexity index is 807. The Hall–Kier alpha value is -1.80. The Morgan fingerprint density at radius 2 is 2.22 bits per heavy atom. The number of sulfonamides is 1. The Morgan fingerprint density at radius 3 is 3.00 bits per heavy atom. The van der Waals surface area contributed by atoms with E-state index in [1.807, 2.05) is 4.90 Å². The normalized spacial score (nSPS) is 19.2. The molecule has 1 atom stereocenters. The molecule has 8 heteroatoms. The molecule has 6 nitrogen and oxygen atoms in total. The Labute approximate surface area is 134 Å². The molecule has 0 saturated carbocycles. The summed E-state index contributed by atoms with van der Waals surface area (Å²) in [6.07, 6.45) is 4.44. The number of nitrogens with zero attached hydrogens (tertiary/aromatic N) is 3. The van der Waals surface area contributed by atoms with Crippen LogP contribution in [0, 0.1) is 11.7 Å². The van der Waals surface area contributed by atoms with Gasteiger partial charge >= 0.3 is 0 Å². The van der Waals surface area contributed by atoms with Crippen LogP contribution in [0.4, 0.5) is 10.2 Å². The highest BCUT2D eigenvalue weighted by molar-refractivity contribution is 7.88. The smallest absolute Gasteiger partial charge is 0.208 e. The van der Waals surface area contributed by atoms with Gasteiger partial charge in [-0.1, -0.05) is 6.07 Å². The highest BCUT2D eigenvalue weighted by Gasteiger charge is 2.24. The zero-order chi connectivity index (χ0) is 16.4. The largest absolute Gasteiger partial charge is 0.356 e. The van der Waals surface area contributed by atoms with Crippen LogP contribution in [0.3, 0.4) is 0 Å². The van der Waals surface area contributed by atoms with E-state index in [-0.39, 0.29) is 11.7 Å². The first kappa shape index (κ1) is 16.1. The molecule has 1 saturated heterocycles. The SMILES string of the molecule is CS(=O)(=O)NCC1CCCN(c2ncnc3cccc(F)c23)C1. The molecule has 1 aliphatic heterocycles. The highest BCUT2D eigenvalue weighted by Crippen LogP contribution is 2.29. The van der Waals surface area contributed by atoms with Crippen LogP contribution in [0.2, 0.25) is 0 Å². The molecule has 0 bridgehead atoms. The number of rotatable bonds is 4. The Balaban J connectivity index is 1.84. The van der Waals surface area contributed by atoms with Crippen molar-refractivity contribution in [3.8, 4) is 0 Å². The molecular formula is C15H19FN4O2S. The average Bonchev–Trinajstić information content (AvgIpc) is 2.52. The van der Waals surface area contributed by atoms with Crippen LogP contribution in [-0.4, -0.2) is 44.3 Å². The number of hydrogen-bond donors (Lipinski definition) is 1. The van der Waals surface area contributed by atoms with Gasteiger partial charge in [-0.05, 0) is 30.9 Å². The van der Waals surface area contributed by atoms with Gasteiger partial charge in [0.05, 0.1) is 17.2 Å². The molecule has 1 N–H and O–H groups in total. The van der Waals surface area contributed by atoms with Crippen LogP contribution in [0.25, 0.3) is 10.9 Å². The Kier molecular flexibility index (Phi) is 4.45. The second-order valence-corrected chi connectivity index (χ2v) is 7.74. The summed E-state index contributed by atoms with van der Waals surface area (Å²) in [4.78, 5) is 10.4. The molecule has 0 aliphatic carbocycles. The topological polar surface area (TPSA) is 75.2 Å². The maximum absolute atomic E-state index is 14.2. The molecule has 23 heavy (non-hydrogen) atoms. The van der Waals surface area contributed by atoms with Crippen LogP contribution in [-0.2, 0) is 10.0 Å². The van der Waals surface area contributed by atoms with E-state index in [4.69, 9.17) is 0 Å². The van der Waals surface area contributed by atoms with Crippen molar-refractivity contribution in [1.82, 2.24) is 14.7 Å². The van der Waals surface area contributed by atoms with Crippen molar-refractivity contribution < 1.29 is 12.8 Å². The first-order valence-electron chi connectivity index (χ1n) is 7.53. The van der Waals surface area contributed by atoms with Gasteiger partial charge in [-0.25, -0.2) is 27.5 Å². The number of anilines is 1. The lowest BCUT2D eigenvalue weighted by molar-refractivity contribution is 0.410. The van der Waals surface area contributed by atoms with Crippen molar-refractivity contribution in [2.24, 2.45) is 5.92 Å². The molecule has 1 aromatic carbocycles. The fourth-order valence-corrected chi connectivity index (χ4v) is 3.52. The number of piperidine rings is 1. The van der Waals surface area contributed by atoms with Crippen molar-refractivity contribution in [1.29, 1.82) is 0 Å². The maximum atomic E-state index is 14.2. The maximum Gasteiger partial charge on any atom is 0.208 e. The second-order valence-electron chi connectivity index (χ2n) is 5.91. The molecule has 1 aromatic heterocycles. The predicted octanol–water partition coefficient (Wildman–Crippen LogP) is 1.53. The molecule has 0 radical (unpaired) electrons. The second kappa shape index (κ2) is 6.37. The molecule has 124 valence electrons. The van der Waals surface area contributed by atoms with Crippen molar-refractivity contribution in [2.45, 2.75) is 12.8 Å². The molecule has 1 fully saturated rings. The van der Waals surface area contributed by atoms with Gasteiger partial charge in [0.25, 0.3) is 0 Å². The summed E-state index contributed by atoms with van der Waals surface area (Å²) in [5, 5.41) is 0.423. The van der Waals surface area contributed by atoms with Crippen LogP contribution in [0.1, 0.15) is 12.8 Å². The molecular weight excluding hydrogens is 319 g/mol. The summed E-state index contributed by atoms with van der Waals surface area (Å²) in [6.45, 7) is 1.81. The van der Waals surface area contributed by atoms with Crippen molar-refractivity contribution in [3.63, 3.8) is 0 Å². The minimum absolute atomic E-state index is 0.176. The summed E-state index contributed by atoms with van der Waals surface area (Å²) in [6, 6.07) is 4.79. The van der Waals surface area contributed by atoms with Crippen LogP contribution in [0.15, 0.2) is 24.5 Å². The van der Waals surface area contributed by atoms with Gasteiger partial charge in [0.1, 0.15) is 18.0 Å². The summed E-state index contributed by atoms with van der Waals surface area (Å²) in [5.41, 5.74) is 0.575. The molecule has 3 rings (SSSR count). The monoisotopic (exact) mass is 338 g/mol. The van der Waals surface area contributed by atoms with E-state index in [0.717, 1.165) is 25.6 Å². The van der Waals surface area contributed by atoms with Gasteiger partial charge in [-0.2, -0.15) is 0 Å². The van der Waals surface area contributed by atoms with E-state index in [2.05, 4.69) is 14.7 Å². The fourth-order valence-electron chi connectivity index (χ4n) is 2.99. The average molecular weight is 338 g/mol. The zero-order valence-electron chi connectivity index (χ0n) is 12.9. The number of benzene rings is 1. The van der Waals surface area contributed by atoms with Crippen LogP contribution in [0.5, 0.6) is 0 Å². The van der Waals surface area contributed by atoms with E-state index < -0.39 is 10.0 Å². The summed E-state index contributed by atoms with van der Waals surface area (Å²) >= 11 is 0. The third kappa shape index (κ3) is 3.76. The lowest BCUT2D eigenvalue weighted by atomic mass is 9.98. The minimum atomic E-state index is -3.20. The molecule has 2 aromatic rings. The van der Waals surface area contributed by atoms with Gasteiger partial charge in [0.2, 0.25) is 10.0 Å². The lowest BCUT2D eigenvalue weighted by Crippen LogP contribution is -2.41.